The molecule has 1 rings (SSSR count). The van der Waals surface area contributed by atoms with Crippen molar-refractivity contribution in [3.63, 3.8) is 0 Å². The van der Waals surface area contributed by atoms with Gasteiger partial charge in [-0.05, 0) is 30.8 Å². The normalized spacial score (nSPS) is 12.3. The Morgan fingerprint density at radius 1 is 1.60 bits per heavy atom. The summed E-state index contributed by atoms with van der Waals surface area (Å²) in [6.07, 6.45) is 8.89. The molecule has 0 aliphatic heterocycles. The zero-order valence-electron chi connectivity index (χ0n) is 8.94. The van der Waals surface area contributed by atoms with Crippen LogP contribution in [0.4, 0.5) is 0 Å². The van der Waals surface area contributed by atoms with E-state index < -0.39 is 6.10 Å². The molecular formula is C11H16N2OS. The highest BCUT2D eigenvalue weighted by Crippen LogP contribution is 2.25. The van der Waals surface area contributed by atoms with E-state index in [2.05, 4.69) is 22.4 Å². The zero-order chi connectivity index (χ0) is 11.1. The van der Waals surface area contributed by atoms with E-state index in [1.807, 2.05) is 0 Å². The molecule has 15 heavy (non-hydrogen) atoms. The number of aliphatic hydroxyl groups is 1. The van der Waals surface area contributed by atoms with Crippen LogP contribution in [0.5, 0.6) is 0 Å². The number of terminal acetylenes is 1. The topological polar surface area (TPSA) is 46.0 Å². The van der Waals surface area contributed by atoms with E-state index in [1.165, 1.54) is 11.5 Å². The maximum absolute atomic E-state index is 9.91. The fourth-order valence-electron chi connectivity index (χ4n) is 1.41. The Morgan fingerprint density at radius 2 is 2.40 bits per heavy atom. The second-order valence-corrected chi connectivity index (χ2v) is 4.23. The molecule has 1 unspecified atom stereocenters. The third-order valence-corrected chi connectivity index (χ3v) is 3.04. The van der Waals surface area contributed by atoms with Gasteiger partial charge >= 0.3 is 0 Å². The van der Waals surface area contributed by atoms with Crippen LogP contribution in [0.25, 0.3) is 0 Å². The summed E-state index contributed by atoms with van der Waals surface area (Å²) in [6.45, 7) is 2.09. The van der Waals surface area contributed by atoms with Crippen molar-refractivity contribution in [3.8, 4) is 12.3 Å². The number of nitrogens with zero attached hydrogens (tertiary/aromatic N) is 2. The molecule has 0 bridgehead atoms. The van der Waals surface area contributed by atoms with Crippen LogP contribution in [0.2, 0.25) is 0 Å². The van der Waals surface area contributed by atoms with Gasteiger partial charge in [-0.15, -0.1) is 17.4 Å². The standard InChI is InChI=1S/C11H16N2OS/c1-3-5-6-8-10(14)11-9(7-4-2)12-13-15-11/h1,10,14H,4-8H2,2H3. The van der Waals surface area contributed by atoms with Crippen LogP contribution in [-0.2, 0) is 6.42 Å². The minimum Gasteiger partial charge on any atom is -0.387 e. The van der Waals surface area contributed by atoms with E-state index >= 15 is 0 Å². The molecule has 4 heteroatoms. The number of aromatic nitrogens is 2. The molecule has 1 heterocycles. The van der Waals surface area contributed by atoms with Gasteiger partial charge in [0.2, 0.25) is 0 Å². The smallest absolute Gasteiger partial charge is 0.0917 e. The summed E-state index contributed by atoms with van der Waals surface area (Å²) in [5.74, 6) is 2.57. The molecule has 1 atom stereocenters. The van der Waals surface area contributed by atoms with Gasteiger partial charge in [0.15, 0.2) is 0 Å². The fourth-order valence-corrected chi connectivity index (χ4v) is 2.12. The first-order valence-corrected chi connectivity index (χ1v) is 5.99. The Hall–Kier alpha value is -0.920. The minimum absolute atomic E-state index is 0.445. The molecule has 0 saturated carbocycles. The van der Waals surface area contributed by atoms with Gasteiger partial charge in [-0.1, -0.05) is 17.8 Å². The Balaban J connectivity index is 2.53. The van der Waals surface area contributed by atoms with Crippen molar-refractivity contribution in [1.29, 1.82) is 0 Å². The summed E-state index contributed by atoms with van der Waals surface area (Å²) in [5, 5.41) is 13.9. The molecular weight excluding hydrogens is 208 g/mol. The van der Waals surface area contributed by atoms with Crippen LogP contribution in [0.3, 0.4) is 0 Å². The lowest BCUT2D eigenvalue weighted by atomic mass is 10.1. The SMILES string of the molecule is C#CCCCC(O)c1snnc1CCC. The third-order valence-electron chi connectivity index (χ3n) is 2.17. The molecule has 0 aliphatic carbocycles. The average molecular weight is 224 g/mol. The van der Waals surface area contributed by atoms with E-state index in [4.69, 9.17) is 6.42 Å². The summed E-state index contributed by atoms with van der Waals surface area (Å²) < 4.78 is 3.88. The molecule has 1 aromatic rings. The van der Waals surface area contributed by atoms with Gasteiger partial charge in [0.05, 0.1) is 16.7 Å². The largest absolute Gasteiger partial charge is 0.387 e. The Bertz CT molecular complexity index is 330. The van der Waals surface area contributed by atoms with Crippen molar-refractivity contribution in [2.45, 2.75) is 45.1 Å². The van der Waals surface area contributed by atoms with Gasteiger partial charge in [-0.2, -0.15) is 0 Å². The van der Waals surface area contributed by atoms with Crippen molar-refractivity contribution in [3.05, 3.63) is 10.6 Å². The van der Waals surface area contributed by atoms with Crippen molar-refractivity contribution < 1.29 is 5.11 Å². The van der Waals surface area contributed by atoms with Gasteiger partial charge < -0.3 is 5.11 Å². The summed E-state index contributed by atoms with van der Waals surface area (Å²) in [6, 6.07) is 0. The lowest BCUT2D eigenvalue weighted by Crippen LogP contribution is -1.99. The lowest BCUT2D eigenvalue weighted by molar-refractivity contribution is 0.167. The summed E-state index contributed by atoms with van der Waals surface area (Å²) in [7, 11) is 0. The van der Waals surface area contributed by atoms with Crippen molar-refractivity contribution >= 4 is 11.5 Å². The third kappa shape index (κ3) is 3.61. The van der Waals surface area contributed by atoms with Crippen LogP contribution in [0.1, 0.15) is 49.3 Å². The Kier molecular flexibility index (Phi) is 5.30. The van der Waals surface area contributed by atoms with Crippen molar-refractivity contribution in [1.82, 2.24) is 9.59 Å². The molecule has 0 saturated heterocycles. The van der Waals surface area contributed by atoms with Gasteiger partial charge in [-0.3, -0.25) is 0 Å². The van der Waals surface area contributed by atoms with E-state index in [0.29, 0.717) is 12.8 Å². The molecule has 0 spiro atoms. The van der Waals surface area contributed by atoms with Gasteiger partial charge in [-0.25, -0.2) is 0 Å². The highest BCUT2D eigenvalue weighted by molar-refractivity contribution is 7.05. The quantitative estimate of drug-likeness (QED) is 0.596. The molecule has 0 radical (unpaired) electrons. The molecule has 82 valence electrons. The second kappa shape index (κ2) is 6.54. The monoisotopic (exact) mass is 224 g/mol. The first kappa shape index (κ1) is 12.2. The van der Waals surface area contributed by atoms with E-state index in [-0.39, 0.29) is 0 Å². The molecule has 3 nitrogen and oxygen atoms in total. The number of hydrogen-bond acceptors (Lipinski definition) is 4. The molecule has 0 aromatic carbocycles. The summed E-state index contributed by atoms with van der Waals surface area (Å²) in [4.78, 5) is 0.911. The number of rotatable bonds is 6. The summed E-state index contributed by atoms with van der Waals surface area (Å²) in [5.41, 5.74) is 0.940. The Labute approximate surface area is 94.7 Å². The van der Waals surface area contributed by atoms with Gasteiger partial charge in [0, 0.05) is 6.42 Å². The number of hydrogen-bond donors (Lipinski definition) is 1. The highest BCUT2D eigenvalue weighted by Gasteiger charge is 2.15. The van der Waals surface area contributed by atoms with Crippen LogP contribution >= 0.6 is 11.5 Å². The van der Waals surface area contributed by atoms with Crippen LogP contribution < -0.4 is 0 Å². The maximum Gasteiger partial charge on any atom is 0.0917 e. The lowest BCUT2D eigenvalue weighted by Gasteiger charge is -2.07. The van der Waals surface area contributed by atoms with E-state index in [9.17, 15) is 5.11 Å². The molecule has 0 fully saturated rings. The van der Waals surface area contributed by atoms with Crippen molar-refractivity contribution in [2.24, 2.45) is 0 Å². The minimum atomic E-state index is -0.445. The first-order valence-electron chi connectivity index (χ1n) is 5.22. The second-order valence-electron chi connectivity index (χ2n) is 3.45. The number of aryl methyl sites for hydroxylation is 1. The van der Waals surface area contributed by atoms with Crippen LogP contribution in [0, 0.1) is 12.3 Å². The Morgan fingerprint density at radius 3 is 3.07 bits per heavy atom. The predicted molar refractivity (Wildman–Crippen MR) is 61.5 cm³/mol. The summed E-state index contributed by atoms with van der Waals surface area (Å²) >= 11 is 1.29. The zero-order valence-corrected chi connectivity index (χ0v) is 9.76. The maximum atomic E-state index is 9.91. The highest BCUT2D eigenvalue weighted by atomic mass is 32.1. The van der Waals surface area contributed by atoms with Gasteiger partial charge in [0.1, 0.15) is 0 Å². The average Bonchev–Trinajstić information content (AvgIpc) is 2.67. The number of unbranched alkanes of at least 4 members (excludes halogenated alkanes) is 1. The molecule has 0 amide bonds. The molecule has 1 aromatic heterocycles. The van der Waals surface area contributed by atoms with Crippen LogP contribution in [0.15, 0.2) is 0 Å². The molecule has 0 aliphatic rings. The van der Waals surface area contributed by atoms with Gasteiger partial charge in [0.25, 0.3) is 0 Å². The van der Waals surface area contributed by atoms with E-state index in [1.54, 1.807) is 0 Å². The predicted octanol–water partition coefficient (Wildman–Crippen LogP) is 2.33. The fraction of sp³-hybridized carbons (Fsp3) is 0.636. The molecule has 1 N–H and O–H groups in total. The van der Waals surface area contributed by atoms with Crippen molar-refractivity contribution in [2.75, 3.05) is 0 Å². The number of aliphatic hydroxyl groups excluding tert-OH is 1. The first-order chi connectivity index (χ1) is 7.29. The van der Waals surface area contributed by atoms with E-state index in [0.717, 1.165) is 29.8 Å². The van der Waals surface area contributed by atoms with Crippen LogP contribution in [-0.4, -0.2) is 14.7 Å².